The normalized spacial score (nSPS) is 16.0. The molecule has 2 aromatic carbocycles. The lowest BCUT2D eigenvalue weighted by atomic mass is 10.1. The summed E-state index contributed by atoms with van der Waals surface area (Å²) in [7, 11) is 0. The van der Waals surface area contributed by atoms with Crippen LogP contribution in [-0.2, 0) is 9.59 Å². The maximum atomic E-state index is 12.9. The molecule has 0 atom stereocenters. The van der Waals surface area contributed by atoms with E-state index in [0.29, 0.717) is 30.1 Å². The highest BCUT2D eigenvalue weighted by Crippen LogP contribution is 2.33. The highest BCUT2D eigenvalue weighted by Gasteiger charge is 2.28. The number of piperazine rings is 1. The van der Waals surface area contributed by atoms with E-state index in [9.17, 15) is 14.4 Å². The van der Waals surface area contributed by atoms with E-state index in [1.54, 1.807) is 23.1 Å². The number of fused-ring (bicyclic) bond motifs is 1. The summed E-state index contributed by atoms with van der Waals surface area (Å²) in [6.45, 7) is 8.85. The van der Waals surface area contributed by atoms with E-state index < -0.39 is 0 Å². The summed E-state index contributed by atoms with van der Waals surface area (Å²) >= 11 is 0. The van der Waals surface area contributed by atoms with Crippen LogP contribution in [0.1, 0.15) is 34.8 Å². The van der Waals surface area contributed by atoms with Gasteiger partial charge in [0.25, 0.3) is 5.91 Å². The predicted octanol–water partition coefficient (Wildman–Crippen LogP) is 2.97. The van der Waals surface area contributed by atoms with Gasteiger partial charge in [0.2, 0.25) is 5.91 Å². The molecular formula is C25H29N3O4. The Morgan fingerprint density at radius 2 is 1.75 bits per heavy atom. The maximum Gasteiger partial charge on any atom is 0.265 e. The molecule has 7 nitrogen and oxygen atoms in total. The Labute approximate surface area is 188 Å². The van der Waals surface area contributed by atoms with Crippen molar-refractivity contribution < 1.29 is 19.1 Å². The van der Waals surface area contributed by atoms with E-state index >= 15 is 0 Å². The smallest absolute Gasteiger partial charge is 0.265 e. The molecule has 2 heterocycles. The largest absolute Gasteiger partial charge is 0.482 e. The molecule has 2 aliphatic rings. The first-order chi connectivity index (χ1) is 15.3. The highest BCUT2D eigenvalue weighted by molar-refractivity contribution is 6.01. The van der Waals surface area contributed by atoms with Gasteiger partial charge in [-0.25, -0.2) is 0 Å². The number of rotatable bonds is 5. The van der Waals surface area contributed by atoms with Crippen LogP contribution >= 0.6 is 0 Å². The molecule has 0 aromatic heterocycles. The summed E-state index contributed by atoms with van der Waals surface area (Å²) in [6, 6.07) is 11.4. The van der Waals surface area contributed by atoms with E-state index in [4.69, 9.17) is 4.74 Å². The molecule has 4 rings (SSSR count). The molecule has 7 heteroatoms. The second kappa shape index (κ2) is 9.02. The third kappa shape index (κ3) is 4.33. The van der Waals surface area contributed by atoms with Gasteiger partial charge >= 0.3 is 0 Å². The Bertz CT molecular complexity index is 1060. The fourth-order valence-corrected chi connectivity index (χ4v) is 4.31. The number of carbonyl (C=O) groups is 3. The Morgan fingerprint density at radius 1 is 1.00 bits per heavy atom. The number of benzene rings is 2. The first-order valence-corrected chi connectivity index (χ1v) is 11.0. The van der Waals surface area contributed by atoms with Gasteiger partial charge in [-0.3, -0.25) is 14.4 Å². The van der Waals surface area contributed by atoms with Crippen LogP contribution in [-0.4, -0.2) is 61.8 Å². The van der Waals surface area contributed by atoms with E-state index in [0.717, 1.165) is 13.1 Å². The lowest BCUT2D eigenvalue weighted by Gasteiger charge is -2.37. The van der Waals surface area contributed by atoms with Crippen molar-refractivity contribution in [1.29, 1.82) is 0 Å². The summed E-state index contributed by atoms with van der Waals surface area (Å²) in [5.74, 6) is 0.313. The summed E-state index contributed by atoms with van der Waals surface area (Å²) in [4.78, 5) is 42.9. The molecule has 168 valence electrons. The minimum atomic E-state index is -0.203. The zero-order valence-corrected chi connectivity index (χ0v) is 18.9. The summed E-state index contributed by atoms with van der Waals surface area (Å²) in [6.07, 6.45) is 0.235. The van der Waals surface area contributed by atoms with Crippen LogP contribution in [0.3, 0.4) is 0 Å². The number of nitrogens with zero attached hydrogens (tertiary/aromatic N) is 3. The minimum absolute atomic E-state index is 0.0363. The standard InChI is InChI=1S/C25H29N3O4/c1-17-5-4-6-21(18(17)2)26-11-13-27(14-12-26)24(30)9-10-28-22-15-20(19(3)29)7-8-23(22)32-16-25(28)31/h4-8,15H,9-14,16H2,1-3H3. The number of amides is 2. The van der Waals surface area contributed by atoms with Crippen LogP contribution in [0.4, 0.5) is 11.4 Å². The molecule has 2 aliphatic heterocycles. The fourth-order valence-electron chi connectivity index (χ4n) is 4.31. The average molecular weight is 436 g/mol. The first-order valence-electron chi connectivity index (χ1n) is 11.0. The van der Waals surface area contributed by atoms with Gasteiger partial charge in [-0.05, 0) is 56.2 Å². The maximum absolute atomic E-state index is 12.9. The van der Waals surface area contributed by atoms with Crippen LogP contribution in [0.25, 0.3) is 0 Å². The molecule has 0 spiro atoms. The van der Waals surface area contributed by atoms with E-state index in [1.165, 1.54) is 23.7 Å². The SMILES string of the molecule is CC(=O)c1ccc2c(c1)N(CCC(=O)N1CCN(c3cccc(C)c3C)CC1)C(=O)CO2. The van der Waals surface area contributed by atoms with Crippen molar-refractivity contribution in [1.82, 2.24) is 4.90 Å². The van der Waals surface area contributed by atoms with Crippen molar-refractivity contribution in [2.75, 3.05) is 49.1 Å². The second-order valence-electron chi connectivity index (χ2n) is 8.41. The highest BCUT2D eigenvalue weighted by atomic mass is 16.5. The van der Waals surface area contributed by atoms with Gasteiger partial charge < -0.3 is 19.4 Å². The van der Waals surface area contributed by atoms with Crippen molar-refractivity contribution in [2.45, 2.75) is 27.2 Å². The third-order valence-corrected chi connectivity index (χ3v) is 6.41. The Hall–Kier alpha value is -3.35. The molecule has 1 fully saturated rings. The number of hydrogen-bond acceptors (Lipinski definition) is 5. The lowest BCUT2D eigenvalue weighted by molar-refractivity contribution is -0.131. The van der Waals surface area contributed by atoms with Crippen LogP contribution in [0.5, 0.6) is 5.75 Å². The number of ketones is 1. The monoisotopic (exact) mass is 435 g/mol. The number of anilines is 2. The Balaban J connectivity index is 1.38. The van der Waals surface area contributed by atoms with E-state index in [2.05, 4.69) is 36.9 Å². The van der Waals surface area contributed by atoms with Crippen molar-refractivity contribution in [3.05, 3.63) is 53.1 Å². The number of hydrogen-bond donors (Lipinski definition) is 0. The van der Waals surface area contributed by atoms with Crippen molar-refractivity contribution in [3.8, 4) is 5.75 Å². The van der Waals surface area contributed by atoms with Crippen molar-refractivity contribution >= 4 is 29.0 Å². The number of aryl methyl sites for hydroxylation is 1. The quantitative estimate of drug-likeness (QED) is 0.676. The van der Waals surface area contributed by atoms with Gasteiger partial charge in [-0.2, -0.15) is 0 Å². The number of carbonyl (C=O) groups excluding carboxylic acids is 3. The summed E-state index contributed by atoms with van der Waals surface area (Å²) in [5.41, 5.74) is 4.85. The fraction of sp³-hybridized carbons (Fsp3) is 0.400. The summed E-state index contributed by atoms with van der Waals surface area (Å²) < 4.78 is 5.49. The number of Topliss-reactive ketones (excluding diaryl/α,β-unsaturated/α-hetero) is 1. The molecule has 0 radical (unpaired) electrons. The Kier molecular flexibility index (Phi) is 6.17. The van der Waals surface area contributed by atoms with Gasteiger partial charge in [0.1, 0.15) is 5.75 Å². The van der Waals surface area contributed by atoms with Crippen molar-refractivity contribution in [3.63, 3.8) is 0 Å². The molecular weight excluding hydrogens is 406 g/mol. The Morgan fingerprint density at radius 3 is 2.47 bits per heavy atom. The summed E-state index contributed by atoms with van der Waals surface area (Å²) in [5, 5.41) is 0. The topological polar surface area (TPSA) is 70.2 Å². The molecule has 0 N–H and O–H groups in total. The molecule has 0 aliphatic carbocycles. The zero-order valence-electron chi connectivity index (χ0n) is 18.9. The average Bonchev–Trinajstić information content (AvgIpc) is 2.79. The van der Waals surface area contributed by atoms with Crippen LogP contribution in [0.2, 0.25) is 0 Å². The van der Waals surface area contributed by atoms with Gasteiger partial charge in [0.05, 0.1) is 5.69 Å². The van der Waals surface area contributed by atoms with E-state index in [-0.39, 0.29) is 37.2 Å². The lowest BCUT2D eigenvalue weighted by Crippen LogP contribution is -2.50. The molecule has 0 saturated carbocycles. The zero-order chi connectivity index (χ0) is 22.8. The molecule has 0 unspecified atom stereocenters. The minimum Gasteiger partial charge on any atom is -0.482 e. The molecule has 2 aromatic rings. The van der Waals surface area contributed by atoms with E-state index in [1.807, 2.05) is 4.90 Å². The van der Waals surface area contributed by atoms with Crippen molar-refractivity contribution in [2.24, 2.45) is 0 Å². The molecule has 32 heavy (non-hydrogen) atoms. The van der Waals surface area contributed by atoms with Gasteiger partial charge in [-0.15, -0.1) is 0 Å². The third-order valence-electron chi connectivity index (χ3n) is 6.41. The molecule has 0 bridgehead atoms. The van der Waals surface area contributed by atoms with Crippen LogP contribution < -0.4 is 14.5 Å². The van der Waals surface area contributed by atoms with Crippen LogP contribution in [0, 0.1) is 13.8 Å². The second-order valence-corrected chi connectivity index (χ2v) is 8.41. The number of ether oxygens (including phenoxy) is 1. The van der Waals surface area contributed by atoms with Crippen LogP contribution in [0.15, 0.2) is 36.4 Å². The molecule has 2 amide bonds. The predicted molar refractivity (Wildman–Crippen MR) is 124 cm³/mol. The van der Waals surface area contributed by atoms with Gasteiger partial charge in [0, 0.05) is 50.4 Å². The van der Waals surface area contributed by atoms with Gasteiger partial charge in [-0.1, -0.05) is 12.1 Å². The molecule has 1 saturated heterocycles. The first kappa shape index (κ1) is 21.9. The van der Waals surface area contributed by atoms with Gasteiger partial charge in [0.15, 0.2) is 12.4 Å².